The molecule has 0 bridgehead atoms. The van der Waals surface area contributed by atoms with E-state index in [0.717, 1.165) is 12.1 Å². The van der Waals surface area contributed by atoms with E-state index in [9.17, 15) is 14.7 Å². The molecule has 2 heterocycles. The molecule has 1 aliphatic heterocycles. The third-order valence-corrected chi connectivity index (χ3v) is 5.48. The number of aliphatic hydroxyl groups excluding tert-OH is 1. The number of hydrogen-bond acceptors (Lipinski definition) is 6. The molecule has 0 radical (unpaired) electrons. The molecule has 1 aromatic heterocycles. The molecule has 2 aromatic rings. The number of aromatic nitrogens is 2. The molecule has 1 fully saturated rings. The Labute approximate surface area is 188 Å². The van der Waals surface area contributed by atoms with Crippen LogP contribution in [0.1, 0.15) is 48.8 Å². The Balaban J connectivity index is 2.08. The molecule has 1 unspecified atom stereocenters. The van der Waals surface area contributed by atoms with Gasteiger partial charge in [-0.2, -0.15) is 5.10 Å². The molecule has 1 amide bonds. The smallest absolute Gasteiger partial charge is 0.295 e. The molecule has 3 rings (SSSR count). The number of ether oxygens (including phenoxy) is 1. The molecular formula is C24H32N4O4. The zero-order chi connectivity index (χ0) is 23.6. The van der Waals surface area contributed by atoms with Crippen LogP contribution in [0.25, 0.3) is 5.76 Å². The number of benzene rings is 1. The first-order valence-electron chi connectivity index (χ1n) is 10.8. The molecule has 8 heteroatoms. The minimum atomic E-state index is -0.682. The highest BCUT2D eigenvalue weighted by molar-refractivity contribution is 6.46. The summed E-state index contributed by atoms with van der Waals surface area (Å²) in [6.07, 6.45) is 0.735. The van der Waals surface area contributed by atoms with Gasteiger partial charge in [-0.25, -0.2) is 0 Å². The van der Waals surface area contributed by atoms with Crippen LogP contribution in [0.15, 0.2) is 29.8 Å². The molecule has 8 nitrogen and oxygen atoms in total. The SMILES string of the molecule is Cc1n[nH]c(C)c1/C(O)=C1\C(=O)C(=O)N(CCCN(C)C)C1c1ccc(OC(C)C)cc1. The molecule has 1 aromatic carbocycles. The maximum atomic E-state index is 13.1. The van der Waals surface area contributed by atoms with Crippen molar-refractivity contribution >= 4 is 17.4 Å². The normalized spacial score (nSPS) is 18.2. The highest BCUT2D eigenvalue weighted by atomic mass is 16.5. The number of H-pyrrole nitrogens is 1. The lowest BCUT2D eigenvalue weighted by molar-refractivity contribution is -0.139. The Hall–Kier alpha value is -3.13. The van der Waals surface area contributed by atoms with Crippen molar-refractivity contribution in [2.24, 2.45) is 0 Å². The van der Waals surface area contributed by atoms with Crippen LogP contribution >= 0.6 is 0 Å². The molecular weight excluding hydrogens is 408 g/mol. The van der Waals surface area contributed by atoms with E-state index in [4.69, 9.17) is 4.74 Å². The summed E-state index contributed by atoms with van der Waals surface area (Å²) in [7, 11) is 3.92. The van der Waals surface area contributed by atoms with Gasteiger partial charge in [0.05, 0.1) is 29.0 Å². The molecule has 1 atom stereocenters. The van der Waals surface area contributed by atoms with Crippen molar-refractivity contribution in [3.05, 3.63) is 52.4 Å². The molecule has 0 aliphatic carbocycles. The fourth-order valence-electron chi connectivity index (χ4n) is 4.05. The number of nitrogens with zero attached hydrogens (tertiary/aromatic N) is 3. The van der Waals surface area contributed by atoms with Crippen molar-refractivity contribution in [3.8, 4) is 5.75 Å². The van der Waals surface area contributed by atoms with Crippen molar-refractivity contribution in [1.82, 2.24) is 20.0 Å². The van der Waals surface area contributed by atoms with Crippen LogP contribution in [0.2, 0.25) is 0 Å². The van der Waals surface area contributed by atoms with Crippen LogP contribution in [0.4, 0.5) is 0 Å². The minimum Gasteiger partial charge on any atom is -0.507 e. The Morgan fingerprint density at radius 3 is 2.41 bits per heavy atom. The van der Waals surface area contributed by atoms with Gasteiger partial charge in [0.2, 0.25) is 0 Å². The van der Waals surface area contributed by atoms with Gasteiger partial charge in [0, 0.05) is 12.2 Å². The molecule has 172 valence electrons. The third-order valence-electron chi connectivity index (χ3n) is 5.48. The summed E-state index contributed by atoms with van der Waals surface area (Å²) in [6.45, 7) is 8.59. The summed E-state index contributed by atoms with van der Waals surface area (Å²) in [6, 6.07) is 6.65. The van der Waals surface area contributed by atoms with E-state index in [1.165, 1.54) is 0 Å². The zero-order valence-electron chi connectivity index (χ0n) is 19.6. The Kier molecular flexibility index (Phi) is 7.03. The van der Waals surface area contributed by atoms with Gasteiger partial charge >= 0.3 is 0 Å². The maximum absolute atomic E-state index is 13.1. The second kappa shape index (κ2) is 9.56. The van der Waals surface area contributed by atoms with E-state index in [2.05, 4.69) is 10.2 Å². The topological polar surface area (TPSA) is 98.8 Å². The number of carbonyl (C=O) groups excluding carboxylic acids is 2. The second-order valence-corrected chi connectivity index (χ2v) is 8.69. The van der Waals surface area contributed by atoms with Gasteiger partial charge in [-0.05, 0) is 72.5 Å². The lowest BCUT2D eigenvalue weighted by atomic mass is 9.94. The first-order valence-corrected chi connectivity index (χ1v) is 10.8. The summed E-state index contributed by atoms with van der Waals surface area (Å²) in [5.41, 5.74) is 2.49. The fourth-order valence-corrected chi connectivity index (χ4v) is 4.05. The van der Waals surface area contributed by atoms with Gasteiger partial charge in [-0.15, -0.1) is 0 Å². The van der Waals surface area contributed by atoms with Crippen molar-refractivity contribution < 1.29 is 19.4 Å². The molecule has 32 heavy (non-hydrogen) atoms. The van der Waals surface area contributed by atoms with Crippen molar-refractivity contribution in [3.63, 3.8) is 0 Å². The van der Waals surface area contributed by atoms with Crippen LogP contribution in [-0.4, -0.2) is 70.1 Å². The van der Waals surface area contributed by atoms with Crippen LogP contribution < -0.4 is 4.74 Å². The average Bonchev–Trinajstić information content (AvgIpc) is 3.18. The molecule has 2 N–H and O–H groups in total. The van der Waals surface area contributed by atoms with Crippen molar-refractivity contribution in [1.29, 1.82) is 0 Å². The van der Waals surface area contributed by atoms with Gasteiger partial charge < -0.3 is 19.6 Å². The minimum absolute atomic E-state index is 0.0320. The van der Waals surface area contributed by atoms with Crippen LogP contribution in [0.5, 0.6) is 5.75 Å². The van der Waals surface area contributed by atoms with Gasteiger partial charge in [0.15, 0.2) is 0 Å². The molecule has 0 saturated carbocycles. The largest absolute Gasteiger partial charge is 0.507 e. The van der Waals surface area contributed by atoms with Crippen molar-refractivity contribution in [2.45, 2.75) is 46.3 Å². The maximum Gasteiger partial charge on any atom is 0.295 e. The van der Waals surface area contributed by atoms with E-state index in [-0.39, 0.29) is 17.4 Å². The molecule has 1 saturated heterocycles. The summed E-state index contributed by atoms with van der Waals surface area (Å²) < 4.78 is 5.73. The summed E-state index contributed by atoms with van der Waals surface area (Å²) in [5, 5.41) is 18.1. The highest BCUT2D eigenvalue weighted by Gasteiger charge is 2.46. The number of hydrogen-bond donors (Lipinski definition) is 2. The van der Waals surface area contributed by atoms with Crippen LogP contribution in [0, 0.1) is 13.8 Å². The van der Waals surface area contributed by atoms with Crippen LogP contribution in [0.3, 0.4) is 0 Å². The Morgan fingerprint density at radius 2 is 1.88 bits per heavy atom. The predicted molar refractivity (Wildman–Crippen MR) is 122 cm³/mol. The number of rotatable bonds is 8. The Morgan fingerprint density at radius 1 is 1.22 bits per heavy atom. The second-order valence-electron chi connectivity index (χ2n) is 8.69. The van der Waals surface area contributed by atoms with E-state index >= 15 is 0 Å². The number of amides is 1. The standard InChI is InChI=1S/C24H32N4O4/c1-14(2)32-18-10-8-17(9-11-18)21-20(22(29)19-15(3)25-26-16(19)4)23(30)24(31)28(21)13-7-12-27(5)6/h8-11,14,21,29H,7,12-13H2,1-6H3,(H,25,26)/b22-20+. The highest BCUT2D eigenvalue weighted by Crippen LogP contribution is 2.40. The number of nitrogens with one attached hydrogen (secondary N) is 1. The number of Topliss-reactive ketones (excluding diaryl/α,β-unsaturated/α-hetero) is 1. The molecule has 0 spiro atoms. The quantitative estimate of drug-likeness (QED) is 0.372. The van der Waals surface area contributed by atoms with Gasteiger partial charge in [-0.3, -0.25) is 14.7 Å². The summed E-state index contributed by atoms with van der Waals surface area (Å²) in [4.78, 5) is 29.7. The van der Waals surface area contributed by atoms with Gasteiger partial charge in [0.25, 0.3) is 11.7 Å². The van der Waals surface area contributed by atoms with E-state index in [1.807, 2.05) is 57.1 Å². The van der Waals surface area contributed by atoms with Gasteiger partial charge in [-0.1, -0.05) is 12.1 Å². The van der Waals surface area contributed by atoms with Crippen molar-refractivity contribution in [2.75, 3.05) is 27.2 Å². The number of ketones is 1. The van der Waals surface area contributed by atoms with E-state index in [1.54, 1.807) is 18.7 Å². The summed E-state index contributed by atoms with van der Waals surface area (Å²) >= 11 is 0. The van der Waals surface area contributed by atoms with Gasteiger partial charge in [0.1, 0.15) is 11.5 Å². The predicted octanol–water partition coefficient (Wildman–Crippen LogP) is 3.19. The lowest BCUT2D eigenvalue weighted by Gasteiger charge is -2.26. The zero-order valence-corrected chi connectivity index (χ0v) is 19.6. The van der Waals surface area contributed by atoms with E-state index < -0.39 is 17.7 Å². The average molecular weight is 441 g/mol. The van der Waals surface area contributed by atoms with Crippen LogP contribution in [-0.2, 0) is 9.59 Å². The number of carbonyl (C=O) groups is 2. The number of aromatic amines is 1. The third kappa shape index (κ3) is 4.70. The first kappa shape index (κ1) is 23.5. The molecule has 1 aliphatic rings. The Bertz CT molecular complexity index is 1000. The summed E-state index contributed by atoms with van der Waals surface area (Å²) in [5.74, 6) is -0.777. The fraction of sp³-hybridized carbons (Fsp3) is 0.458. The first-order chi connectivity index (χ1) is 15.1. The number of likely N-dealkylation sites (tertiary alicyclic amines) is 1. The number of aliphatic hydroxyl groups is 1. The lowest BCUT2D eigenvalue weighted by Crippen LogP contribution is -2.32. The monoisotopic (exact) mass is 440 g/mol. The van der Waals surface area contributed by atoms with E-state index in [0.29, 0.717) is 35.7 Å². The number of aryl methyl sites for hydroxylation is 2.